The number of hydrogen-bond acceptors (Lipinski definition) is 1. The molecule has 2 heterocycles. The zero-order valence-corrected chi connectivity index (χ0v) is 31.2. The normalized spacial score (nSPS) is 11.5. The lowest BCUT2D eigenvalue weighted by molar-refractivity contribution is 1.17. The molecule has 0 amide bonds. The maximum absolute atomic E-state index is 2.38. The molecule has 9 aromatic carbocycles. The van der Waals surface area contributed by atoms with Crippen LogP contribution in [0.15, 0.2) is 224 Å². The third-order valence-electron chi connectivity index (χ3n) is 11.3. The Kier molecular flexibility index (Phi) is 7.82. The molecule has 268 valence electrons. The standard InChI is InChI=1S/C54H37N3/c1-3-13-42(14-4-1)55(45-32-34-46(35-33-45)56-51-20-10-7-17-47(51)48-18-8-11-21-52(48)56)44-30-27-39(28-31-44)38-23-25-40(26-24-38)41-29-36-50-49-19-9-12-22-53(49)57(54(50)37-41)43-15-5-2-6-16-43/h1-37H. The summed E-state index contributed by atoms with van der Waals surface area (Å²) in [7, 11) is 0. The summed E-state index contributed by atoms with van der Waals surface area (Å²) in [5.74, 6) is 0. The molecule has 0 aliphatic rings. The van der Waals surface area contributed by atoms with E-state index in [1.165, 1.54) is 71.6 Å². The van der Waals surface area contributed by atoms with Crippen molar-refractivity contribution in [3.63, 3.8) is 0 Å². The summed E-state index contributed by atoms with van der Waals surface area (Å²) in [5.41, 5.74) is 15.2. The summed E-state index contributed by atoms with van der Waals surface area (Å²) in [6.07, 6.45) is 0. The summed E-state index contributed by atoms with van der Waals surface area (Å²) in [6.45, 7) is 0. The van der Waals surface area contributed by atoms with Gasteiger partial charge in [-0.25, -0.2) is 0 Å². The first kappa shape index (κ1) is 32.8. The van der Waals surface area contributed by atoms with Gasteiger partial charge in [-0.2, -0.15) is 0 Å². The van der Waals surface area contributed by atoms with E-state index in [9.17, 15) is 0 Å². The number of nitrogens with zero attached hydrogens (tertiary/aromatic N) is 3. The van der Waals surface area contributed by atoms with E-state index in [2.05, 4.69) is 238 Å². The van der Waals surface area contributed by atoms with Crippen molar-refractivity contribution in [2.24, 2.45) is 0 Å². The smallest absolute Gasteiger partial charge is 0.0547 e. The molecule has 57 heavy (non-hydrogen) atoms. The summed E-state index contributed by atoms with van der Waals surface area (Å²) in [6, 6.07) is 81.0. The number of anilines is 3. The second-order valence-electron chi connectivity index (χ2n) is 14.6. The van der Waals surface area contributed by atoms with E-state index in [1.54, 1.807) is 0 Å². The van der Waals surface area contributed by atoms with Crippen molar-refractivity contribution in [1.29, 1.82) is 0 Å². The zero-order valence-electron chi connectivity index (χ0n) is 31.2. The van der Waals surface area contributed by atoms with Crippen LogP contribution in [0.4, 0.5) is 17.1 Å². The van der Waals surface area contributed by atoms with E-state index in [0.29, 0.717) is 0 Å². The highest BCUT2D eigenvalue weighted by Crippen LogP contribution is 2.39. The van der Waals surface area contributed by atoms with Crippen LogP contribution in [0.2, 0.25) is 0 Å². The third kappa shape index (κ3) is 5.60. The maximum Gasteiger partial charge on any atom is 0.0547 e. The average Bonchev–Trinajstić information content (AvgIpc) is 3.80. The lowest BCUT2D eigenvalue weighted by atomic mass is 9.99. The van der Waals surface area contributed by atoms with Gasteiger partial charge in [0.25, 0.3) is 0 Å². The summed E-state index contributed by atoms with van der Waals surface area (Å²) in [4.78, 5) is 2.33. The van der Waals surface area contributed by atoms with Crippen molar-refractivity contribution < 1.29 is 0 Å². The Morgan fingerprint density at radius 2 is 0.596 bits per heavy atom. The van der Waals surface area contributed by atoms with Crippen LogP contribution in [0.5, 0.6) is 0 Å². The van der Waals surface area contributed by atoms with Gasteiger partial charge in [-0.05, 0) is 107 Å². The van der Waals surface area contributed by atoms with Crippen LogP contribution >= 0.6 is 0 Å². The lowest BCUT2D eigenvalue weighted by Gasteiger charge is -2.26. The molecule has 11 rings (SSSR count). The Balaban J connectivity index is 0.911. The third-order valence-corrected chi connectivity index (χ3v) is 11.3. The molecule has 0 spiro atoms. The number of benzene rings is 9. The van der Waals surface area contributed by atoms with Gasteiger partial charge in [0.1, 0.15) is 0 Å². The fourth-order valence-electron chi connectivity index (χ4n) is 8.64. The number of hydrogen-bond donors (Lipinski definition) is 0. The van der Waals surface area contributed by atoms with Crippen molar-refractivity contribution in [3.8, 4) is 33.6 Å². The Bertz CT molecular complexity index is 3140. The van der Waals surface area contributed by atoms with Crippen molar-refractivity contribution in [2.45, 2.75) is 0 Å². The SMILES string of the molecule is c1ccc(N(c2ccc(-c3ccc(-c4ccc5c6ccccc6n(-c6ccccc6)c5c4)cc3)cc2)c2ccc(-n3c4ccccc4c4ccccc43)cc2)cc1. The minimum atomic E-state index is 1.10. The van der Waals surface area contributed by atoms with Gasteiger partial charge in [0.05, 0.1) is 22.1 Å². The minimum Gasteiger partial charge on any atom is -0.311 e. The van der Waals surface area contributed by atoms with Gasteiger partial charge >= 0.3 is 0 Å². The van der Waals surface area contributed by atoms with Gasteiger partial charge in [0.15, 0.2) is 0 Å². The van der Waals surface area contributed by atoms with Gasteiger partial charge in [0, 0.05) is 50.0 Å². The second kappa shape index (κ2) is 13.6. The van der Waals surface area contributed by atoms with Crippen molar-refractivity contribution in [2.75, 3.05) is 4.90 Å². The predicted molar refractivity (Wildman–Crippen MR) is 241 cm³/mol. The van der Waals surface area contributed by atoms with Crippen LogP contribution < -0.4 is 4.90 Å². The molecular formula is C54H37N3. The summed E-state index contributed by atoms with van der Waals surface area (Å²) < 4.78 is 4.74. The first-order valence-corrected chi connectivity index (χ1v) is 19.5. The van der Waals surface area contributed by atoms with Gasteiger partial charge < -0.3 is 14.0 Å². The molecule has 0 saturated heterocycles. The molecule has 0 radical (unpaired) electrons. The Labute approximate surface area is 331 Å². The summed E-state index contributed by atoms with van der Waals surface area (Å²) >= 11 is 0. The van der Waals surface area contributed by atoms with Crippen molar-refractivity contribution >= 4 is 60.7 Å². The molecule has 0 aliphatic heterocycles. The van der Waals surface area contributed by atoms with Crippen molar-refractivity contribution in [1.82, 2.24) is 9.13 Å². The molecular weight excluding hydrogens is 691 g/mol. The molecule has 3 heteroatoms. The molecule has 11 aromatic rings. The molecule has 0 N–H and O–H groups in total. The molecule has 0 bridgehead atoms. The number of aromatic nitrogens is 2. The van der Waals surface area contributed by atoms with E-state index in [1.807, 2.05) is 0 Å². The zero-order chi connectivity index (χ0) is 37.7. The van der Waals surface area contributed by atoms with Crippen molar-refractivity contribution in [3.05, 3.63) is 224 Å². The highest BCUT2D eigenvalue weighted by molar-refractivity contribution is 6.11. The fourth-order valence-corrected chi connectivity index (χ4v) is 8.64. The Hall–Kier alpha value is -7.62. The molecule has 0 unspecified atom stereocenters. The Morgan fingerprint density at radius 3 is 1.14 bits per heavy atom. The van der Waals surface area contributed by atoms with E-state index < -0.39 is 0 Å². The number of fused-ring (bicyclic) bond motifs is 6. The minimum absolute atomic E-state index is 1.10. The highest BCUT2D eigenvalue weighted by Gasteiger charge is 2.16. The van der Waals surface area contributed by atoms with Crippen LogP contribution in [-0.2, 0) is 0 Å². The molecule has 2 aromatic heterocycles. The molecule has 0 fully saturated rings. The first-order chi connectivity index (χ1) is 28.3. The quantitative estimate of drug-likeness (QED) is 0.159. The van der Waals surface area contributed by atoms with E-state index in [0.717, 1.165) is 22.7 Å². The van der Waals surface area contributed by atoms with Gasteiger partial charge in [-0.15, -0.1) is 0 Å². The maximum atomic E-state index is 2.38. The van der Waals surface area contributed by atoms with Gasteiger partial charge in [-0.3, -0.25) is 0 Å². The van der Waals surface area contributed by atoms with Crippen LogP contribution in [0.3, 0.4) is 0 Å². The first-order valence-electron chi connectivity index (χ1n) is 19.5. The monoisotopic (exact) mass is 727 g/mol. The van der Waals surface area contributed by atoms with E-state index in [4.69, 9.17) is 0 Å². The predicted octanol–water partition coefficient (Wildman–Crippen LogP) is 14.7. The summed E-state index contributed by atoms with van der Waals surface area (Å²) in [5, 5.41) is 5.06. The molecule has 0 saturated carbocycles. The second-order valence-corrected chi connectivity index (χ2v) is 14.6. The van der Waals surface area contributed by atoms with E-state index >= 15 is 0 Å². The Morgan fingerprint density at radius 1 is 0.246 bits per heavy atom. The van der Waals surface area contributed by atoms with Crippen LogP contribution in [0.1, 0.15) is 0 Å². The van der Waals surface area contributed by atoms with Gasteiger partial charge in [0.2, 0.25) is 0 Å². The largest absolute Gasteiger partial charge is 0.311 e. The van der Waals surface area contributed by atoms with Crippen LogP contribution in [-0.4, -0.2) is 9.13 Å². The molecule has 0 aliphatic carbocycles. The number of para-hydroxylation sites is 5. The lowest BCUT2D eigenvalue weighted by Crippen LogP contribution is -2.10. The fraction of sp³-hybridized carbons (Fsp3) is 0. The topological polar surface area (TPSA) is 13.1 Å². The highest BCUT2D eigenvalue weighted by atomic mass is 15.1. The van der Waals surface area contributed by atoms with Crippen LogP contribution in [0, 0.1) is 0 Å². The molecule has 3 nitrogen and oxygen atoms in total. The molecule has 0 atom stereocenters. The average molecular weight is 728 g/mol. The van der Waals surface area contributed by atoms with Crippen LogP contribution in [0.25, 0.3) is 77.2 Å². The van der Waals surface area contributed by atoms with E-state index in [-0.39, 0.29) is 0 Å². The number of rotatable bonds is 7. The van der Waals surface area contributed by atoms with Gasteiger partial charge in [-0.1, -0.05) is 140 Å².